The van der Waals surface area contributed by atoms with Crippen molar-refractivity contribution in [1.82, 2.24) is 9.97 Å². The fraction of sp³-hybridized carbons (Fsp3) is 0.533. The predicted octanol–water partition coefficient (Wildman–Crippen LogP) is 3.33. The third kappa shape index (κ3) is 3.91. The maximum Gasteiger partial charge on any atom is 0.229 e. The molecule has 0 bridgehead atoms. The lowest BCUT2D eigenvalue weighted by atomic mass is 9.94. The molecule has 21 heavy (non-hydrogen) atoms. The zero-order valence-corrected chi connectivity index (χ0v) is 14.0. The molecule has 0 aromatic carbocycles. The highest BCUT2D eigenvalue weighted by Crippen LogP contribution is 2.23. The second-order valence-electron chi connectivity index (χ2n) is 6.09. The number of carbonyl (C=O) groups excluding carboxylic acids is 1. The fourth-order valence-corrected chi connectivity index (χ4v) is 2.54. The minimum absolute atomic E-state index is 0.0138. The van der Waals surface area contributed by atoms with Gasteiger partial charge in [-0.2, -0.15) is 0 Å². The molecule has 2 aromatic heterocycles. The Morgan fingerprint density at radius 3 is 2.67 bits per heavy atom. The summed E-state index contributed by atoms with van der Waals surface area (Å²) in [7, 11) is 1.75. The first-order valence-electron chi connectivity index (χ1n) is 6.91. The molecule has 0 N–H and O–H groups in total. The lowest BCUT2D eigenvalue weighted by Gasteiger charge is -2.14. The van der Waals surface area contributed by atoms with Gasteiger partial charge in [0.15, 0.2) is 11.0 Å². The van der Waals surface area contributed by atoms with E-state index in [1.165, 1.54) is 11.3 Å². The van der Waals surface area contributed by atoms with Crippen molar-refractivity contribution in [3.05, 3.63) is 28.9 Å². The number of hydrogen-bond donors (Lipinski definition) is 0. The van der Waals surface area contributed by atoms with Crippen molar-refractivity contribution < 1.29 is 9.21 Å². The van der Waals surface area contributed by atoms with Crippen molar-refractivity contribution in [3.63, 3.8) is 0 Å². The quantitative estimate of drug-likeness (QED) is 0.869. The molecular formula is C15H21N3O2S. The van der Waals surface area contributed by atoms with Crippen LogP contribution in [0.5, 0.6) is 0 Å². The first-order chi connectivity index (χ1) is 9.77. The third-order valence-electron chi connectivity index (χ3n) is 3.11. The molecule has 0 unspecified atom stereocenters. The summed E-state index contributed by atoms with van der Waals surface area (Å²) in [6.07, 6.45) is 2.61. The second kappa shape index (κ2) is 5.97. The molecule has 0 aliphatic rings. The van der Waals surface area contributed by atoms with Crippen LogP contribution in [0.25, 0.3) is 0 Å². The van der Waals surface area contributed by atoms with Gasteiger partial charge in [-0.1, -0.05) is 20.8 Å². The van der Waals surface area contributed by atoms with Gasteiger partial charge in [-0.3, -0.25) is 9.69 Å². The van der Waals surface area contributed by atoms with E-state index in [1.54, 1.807) is 18.1 Å². The Balaban J connectivity index is 1.93. The van der Waals surface area contributed by atoms with E-state index >= 15 is 0 Å². The van der Waals surface area contributed by atoms with Gasteiger partial charge in [-0.15, -0.1) is 11.3 Å². The van der Waals surface area contributed by atoms with Gasteiger partial charge in [0, 0.05) is 30.7 Å². The van der Waals surface area contributed by atoms with Crippen molar-refractivity contribution in [2.45, 2.75) is 46.0 Å². The van der Waals surface area contributed by atoms with Crippen molar-refractivity contribution in [2.75, 3.05) is 11.9 Å². The van der Waals surface area contributed by atoms with Crippen molar-refractivity contribution in [3.8, 4) is 0 Å². The van der Waals surface area contributed by atoms with E-state index in [2.05, 4.69) is 30.7 Å². The topological polar surface area (TPSA) is 59.2 Å². The molecule has 0 fully saturated rings. The first kappa shape index (κ1) is 15.7. The number of carbonyl (C=O) groups is 1. The highest BCUT2D eigenvalue weighted by atomic mass is 32.1. The normalized spacial score (nSPS) is 11.7. The zero-order valence-electron chi connectivity index (χ0n) is 13.1. The van der Waals surface area contributed by atoms with Crippen LogP contribution in [-0.2, 0) is 16.6 Å². The van der Waals surface area contributed by atoms with Gasteiger partial charge in [0.05, 0.1) is 11.9 Å². The first-order valence-corrected chi connectivity index (χ1v) is 7.79. The molecule has 2 rings (SSSR count). The molecule has 0 saturated heterocycles. The lowest BCUT2D eigenvalue weighted by molar-refractivity contribution is -0.118. The fourth-order valence-electron chi connectivity index (χ4n) is 1.76. The van der Waals surface area contributed by atoms with Gasteiger partial charge in [0.25, 0.3) is 0 Å². The van der Waals surface area contributed by atoms with Crippen LogP contribution in [-0.4, -0.2) is 22.9 Å². The van der Waals surface area contributed by atoms with Crippen LogP contribution in [0, 0.1) is 6.92 Å². The van der Waals surface area contributed by atoms with Crippen molar-refractivity contribution in [1.29, 1.82) is 0 Å². The summed E-state index contributed by atoms with van der Waals surface area (Å²) in [6, 6.07) is 0. The number of rotatable bonds is 4. The summed E-state index contributed by atoms with van der Waals surface area (Å²) in [6.45, 7) is 8.13. The van der Waals surface area contributed by atoms with Gasteiger partial charge >= 0.3 is 0 Å². The standard InChI is InChI=1S/C15H21N3O2S/c1-10-9-21-14(17-10)18(5)13(19)7-6-12-16-8-11(20-12)15(2,3)4/h8-9H,6-7H2,1-5H3. The van der Waals surface area contributed by atoms with Crippen molar-refractivity contribution in [2.24, 2.45) is 0 Å². The van der Waals surface area contributed by atoms with Gasteiger partial charge < -0.3 is 4.42 Å². The number of nitrogens with zero attached hydrogens (tertiary/aromatic N) is 3. The van der Waals surface area contributed by atoms with Crippen LogP contribution in [0.4, 0.5) is 5.13 Å². The van der Waals surface area contributed by atoms with E-state index in [0.717, 1.165) is 16.6 Å². The largest absolute Gasteiger partial charge is 0.445 e. The zero-order chi connectivity index (χ0) is 15.6. The maximum atomic E-state index is 12.2. The molecule has 114 valence electrons. The smallest absolute Gasteiger partial charge is 0.229 e. The molecule has 0 saturated carbocycles. The SMILES string of the molecule is Cc1csc(N(C)C(=O)CCc2ncc(C(C)(C)C)o2)n1. The number of hydrogen-bond acceptors (Lipinski definition) is 5. The van der Waals surface area contributed by atoms with Gasteiger partial charge in [0.1, 0.15) is 5.76 Å². The molecule has 0 aliphatic carbocycles. The summed E-state index contributed by atoms with van der Waals surface area (Å²) in [5, 5.41) is 2.66. The molecule has 0 atom stereocenters. The molecule has 0 spiro atoms. The molecule has 6 heteroatoms. The van der Waals surface area contributed by atoms with E-state index in [9.17, 15) is 4.79 Å². The van der Waals surface area contributed by atoms with Crippen LogP contribution in [0.1, 0.15) is 44.5 Å². The van der Waals surface area contributed by atoms with Crippen LogP contribution >= 0.6 is 11.3 Å². The Hall–Kier alpha value is -1.69. The van der Waals surface area contributed by atoms with Crippen LogP contribution in [0.15, 0.2) is 16.0 Å². The van der Waals surface area contributed by atoms with Crippen molar-refractivity contribution >= 4 is 22.4 Å². The summed E-state index contributed by atoms with van der Waals surface area (Å²) in [5.74, 6) is 1.46. The second-order valence-corrected chi connectivity index (χ2v) is 6.93. The Bertz CT molecular complexity index is 625. The Morgan fingerprint density at radius 1 is 1.43 bits per heavy atom. The Morgan fingerprint density at radius 2 is 2.14 bits per heavy atom. The van der Waals surface area contributed by atoms with E-state index < -0.39 is 0 Å². The average Bonchev–Trinajstić information content (AvgIpc) is 3.03. The average molecular weight is 307 g/mol. The van der Waals surface area contributed by atoms with E-state index in [0.29, 0.717) is 18.7 Å². The number of anilines is 1. The molecular weight excluding hydrogens is 286 g/mol. The highest BCUT2D eigenvalue weighted by molar-refractivity contribution is 7.14. The molecule has 2 heterocycles. The Kier molecular flexibility index (Phi) is 4.46. The molecule has 1 amide bonds. The molecule has 0 radical (unpaired) electrons. The molecule has 5 nitrogen and oxygen atoms in total. The van der Waals surface area contributed by atoms with Gasteiger partial charge in [-0.25, -0.2) is 9.97 Å². The van der Waals surface area contributed by atoms with E-state index in [-0.39, 0.29) is 11.3 Å². The summed E-state index contributed by atoms with van der Waals surface area (Å²) < 4.78 is 5.69. The monoisotopic (exact) mass is 307 g/mol. The number of thiazole rings is 1. The van der Waals surface area contributed by atoms with Gasteiger partial charge in [0.2, 0.25) is 5.91 Å². The Labute approximate surface area is 129 Å². The number of aryl methyl sites for hydroxylation is 2. The summed E-state index contributed by atoms with van der Waals surface area (Å²) >= 11 is 1.47. The minimum atomic E-state index is -0.0650. The lowest BCUT2D eigenvalue weighted by Crippen LogP contribution is -2.26. The van der Waals surface area contributed by atoms with Crippen LogP contribution in [0.2, 0.25) is 0 Å². The highest BCUT2D eigenvalue weighted by Gasteiger charge is 2.20. The number of aromatic nitrogens is 2. The number of amides is 1. The molecule has 2 aromatic rings. The molecule has 0 aliphatic heterocycles. The van der Waals surface area contributed by atoms with Gasteiger partial charge in [-0.05, 0) is 6.92 Å². The predicted molar refractivity (Wildman–Crippen MR) is 83.8 cm³/mol. The maximum absolute atomic E-state index is 12.2. The number of oxazole rings is 1. The van der Waals surface area contributed by atoms with Crippen LogP contribution < -0.4 is 4.90 Å². The van der Waals surface area contributed by atoms with E-state index in [1.807, 2.05) is 12.3 Å². The minimum Gasteiger partial charge on any atom is -0.445 e. The third-order valence-corrected chi connectivity index (χ3v) is 4.15. The van der Waals surface area contributed by atoms with Crippen LogP contribution in [0.3, 0.4) is 0 Å². The summed E-state index contributed by atoms with van der Waals surface area (Å²) in [5.41, 5.74) is 0.863. The van der Waals surface area contributed by atoms with E-state index in [4.69, 9.17) is 4.42 Å². The summed E-state index contributed by atoms with van der Waals surface area (Å²) in [4.78, 5) is 22.3.